The molecule has 0 spiro atoms. The first-order chi connectivity index (χ1) is 13.2. The van der Waals surface area contributed by atoms with Gasteiger partial charge in [0.25, 0.3) is 0 Å². The number of ether oxygens (including phenoxy) is 3. The summed E-state index contributed by atoms with van der Waals surface area (Å²) in [5.74, 6) is -1.60. The van der Waals surface area contributed by atoms with Gasteiger partial charge in [0.1, 0.15) is 12.4 Å². The molecule has 2 aromatic rings. The number of carbonyl (C=O) groups is 2. The minimum Gasteiger partial charge on any atom is -0.462 e. The van der Waals surface area contributed by atoms with E-state index in [2.05, 4.69) is 4.74 Å². The highest BCUT2D eigenvalue weighted by Crippen LogP contribution is 2.23. The number of halogens is 3. The van der Waals surface area contributed by atoms with Crippen molar-refractivity contribution in [1.29, 1.82) is 0 Å². The molecule has 0 fully saturated rings. The van der Waals surface area contributed by atoms with Crippen LogP contribution in [0.1, 0.15) is 40.1 Å². The molecule has 0 amide bonds. The Morgan fingerprint density at radius 1 is 0.893 bits per heavy atom. The van der Waals surface area contributed by atoms with Crippen molar-refractivity contribution >= 4 is 11.9 Å². The van der Waals surface area contributed by atoms with E-state index in [0.717, 1.165) is 12.1 Å². The lowest BCUT2D eigenvalue weighted by Crippen LogP contribution is -2.17. The van der Waals surface area contributed by atoms with Gasteiger partial charge in [0, 0.05) is 0 Å². The number of alkyl halides is 3. The normalized spacial score (nSPS) is 11.2. The van der Waals surface area contributed by atoms with E-state index in [9.17, 15) is 22.8 Å². The summed E-state index contributed by atoms with van der Waals surface area (Å²) in [6, 6.07) is 11.0. The van der Waals surface area contributed by atoms with Crippen molar-refractivity contribution in [3.8, 4) is 5.75 Å². The van der Waals surface area contributed by atoms with E-state index in [0.29, 0.717) is 5.56 Å². The number of rotatable bonds is 7. The number of hydrogen-bond acceptors (Lipinski definition) is 5. The van der Waals surface area contributed by atoms with Gasteiger partial charge in [-0.25, -0.2) is 9.59 Å². The van der Waals surface area contributed by atoms with Gasteiger partial charge in [-0.2, -0.15) is 0 Å². The van der Waals surface area contributed by atoms with Gasteiger partial charge in [-0.15, -0.1) is 13.2 Å². The lowest BCUT2D eigenvalue weighted by Gasteiger charge is -2.11. The molecule has 0 saturated carbocycles. The standard InChI is InChI=1S/C20H19F3O5/c1-13(2)11-26-18(24)16-5-3-4-6-17(16)19(25)27-12-14-7-9-15(10-8-14)28-20(21,22)23/h3-10,13H,11-12H2,1-2H3. The second kappa shape index (κ2) is 9.25. The molecule has 0 atom stereocenters. The largest absolute Gasteiger partial charge is 0.573 e. The van der Waals surface area contributed by atoms with E-state index in [1.165, 1.54) is 24.3 Å². The summed E-state index contributed by atoms with van der Waals surface area (Å²) < 4.78 is 50.5. The molecular formula is C20H19F3O5. The molecule has 150 valence electrons. The fraction of sp³-hybridized carbons (Fsp3) is 0.300. The van der Waals surface area contributed by atoms with E-state index >= 15 is 0 Å². The van der Waals surface area contributed by atoms with Crippen molar-refractivity contribution in [2.45, 2.75) is 26.8 Å². The van der Waals surface area contributed by atoms with Crippen LogP contribution in [-0.4, -0.2) is 24.9 Å². The quantitative estimate of drug-likeness (QED) is 0.632. The fourth-order valence-electron chi connectivity index (χ4n) is 2.17. The zero-order valence-electron chi connectivity index (χ0n) is 15.3. The summed E-state index contributed by atoms with van der Waals surface area (Å²) in [5.41, 5.74) is 0.595. The Bertz CT molecular complexity index is 813. The summed E-state index contributed by atoms with van der Waals surface area (Å²) in [7, 11) is 0. The van der Waals surface area contributed by atoms with Crippen LogP contribution < -0.4 is 4.74 Å². The molecule has 0 aromatic heterocycles. The molecule has 8 heteroatoms. The Morgan fingerprint density at radius 2 is 1.43 bits per heavy atom. The van der Waals surface area contributed by atoms with Crippen LogP contribution in [0.5, 0.6) is 5.75 Å². The minimum atomic E-state index is -4.78. The van der Waals surface area contributed by atoms with Gasteiger partial charge in [0.05, 0.1) is 17.7 Å². The molecule has 2 rings (SSSR count). The van der Waals surface area contributed by atoms with Crippen LogP contribution in [0.3, 0.4) is 0 Å². The Morgan fingerprint density at radius 3 is 1.93 bits per heavy atom. The van der Waals surface area contributed by atoms with Crippen LogP contribution in [0, 0.1) is 5.92 Å². The highest BCUT2D eigenvalue weighted by molar-refractivity contribution is 6.03. The lowest BCUT2D eigenvalue weighted by molar-refractivity contribution is -0.274. The van der Waals surface area contributed by atoms with Crippen LogP contribution in [0.4, 0.5) is 13.2 Å². The summed E-state index contributed by atoms with van der Waals surface area (Å²) >= 11 is 0. The predicted molar refractivity (Wildman–Crippen MR) is 93.8 cm³/mol. The summed E-state index contributed by atoms with van der Waals surface area (Å²) in [4.78, 5) is 24.5. The SMILES string of the molecule is CC(C)COC(=O)c1ccccc1C(=O)OCc1ccc(OC(F)(F)F)cc1. The zero-order valence-corrected chi connectivity index (χ0v) is 15.3. The van der Waals surface area contributed by atoms with Gasteiger partial charge in [0.2, 0.25) is 0 Å². The number of benzene rings is 2. The van der Waals surface area contributed by atoms with Crippen LogP contribution in [0.25, 0.3) is 0 Å². The smallest absolute Gasteiger partial charge is 0.462 e. The molecule has 0 N–H and O–H groups in total. The van der Waals surface area contributed by atoms with Gasteiger partial charge in [-0.05, 0) is 35.7 Å². The molecule has 0 heterocycles. The predicted octanol–water partition coefficient (Wildman–Crippen LogP) is 4.76. The lowest BCUT2D eigenvalue weighted by atomic mass is 10.1. The molecule has 28 heavy (non-hydrogen) atoms. The fourth-order valence-corrected chi connectivity index (χ4v) is 2.17. The maximum atomic E-state index is 12.3. The summed E-state index contributed by atoms with van der Waals surface area (Å²) in [5, 5.41) is 0. The van der Waals surface area contributed by atoms with Crippen LogP contribution in [0.15, 0.2) is 48.5 Å². The topological polar surface area (TPSA) is 61.8 Å². The monoisotopic (exact) mass is 396 g/mol. The average Bonchev–Trinajstić information content (AvgIpc) is 2.64. The maximum absolute atomic E-state index is 12.3. The Hall–Kier alpha value is -3.03. The van der Waals surface area contributed by atoms with Gasteiger partial charge in [-0.1, -0.05) is 38.1 Å². The van der Waals surface area contributed by atoms with Crippen LogP contribution >= 0.6 is 0 Å². The van der Waals surface area contributed by atoms with Crippen molar-refractivity contribution in [1.82, 2.24) is 0 Å². The van der Waals surface area contributed by atoms with Gasteiger partial charge >= 0.3 is 18.3 Å². The van der Waals surface area contributed by atoms with Crippen LogP contribution in [-0.2, 0) is 16.1 Å². The van der Waals surface area contributed by atoms with E-state index in [-0.39, 0.29) is 36.0 Å². The molecule has 0 aliphatic heterocycles. The van der Waals surface area contributed by atoms with Crippen molar-refractivity contribution in [3.63, 3.8) is 0 Å². The molecule has 0 bridgehead atoms. The molecule has 0 radical (unpaired) electrons. The van der Waals surface area contributed by atoms with Crippen LogP contribution in [0.2, 0.25) is 0 Å². The average molecular weight is 396 g/mol. The van der Waals surface area contributed by atoms with E-state index < -0.39 is 18.3 Å². The maximum Gasteiger partial charge on any atom is 0.573 e. The molecule has 0 unspecified atom stereocenters. The number of hydrogen-bond donors (Lipinski definition) is 0. The Labute approximate surface area is 160 Å². The van der Waals surface area contributed by atoms with Gasteiger partial charge in [0.15, 0.2) is 0 Å². The van der Waals surface area contributed by atoms with E-state index in [1.54, 1.807) is 12.1 Å². The zero-order chi connectivity index (χ0) is 20.7. The molecule has 0 saturated heterocycles. The third-order valence-electron chi connectivity index (χ3n) is 3.44. The summed E-state index contributed by atoms with van der Waals surface area (Å²) in [6.45, 7) is 3.81. The van der Waals surface area contributed by atoms with Crippen molar-refractivity contribution in [2.24, 2.45) is 5.92 Å². The number of esters is 2. The van der Waals surface area contributed by atoms with E-state index in [1.807, 2.05) is 13.8 Å². The second-order valence-electron chi connectivity index (χ2n) is 6.31. The summed E-state index contributed by atoms with van der Waals surface area (Å²) in [6.07, 6.45) is -4.78. The van der Waals surface area contributed by atoms with Crippen molar-refractivity contribution < 1.29 is 37.0 Å². The van der Waals surface area contributed by atoms with Gasteiger partial charge in [-0.3, -0.25) is 0 Å². The van der Waals surface area contributed by atoms with Crippen molar-refractivity contribution in [3.05, 3.63) is 65.2 Å². The first-order valence-electron chi connectivity index (χ1n) is 8.43. The Kier molecular flexibility index (Phi) is 7.03. The van der Waals surface area contributed by atoms with Gasteiger partial charge < -0.3 is 14.2 Å². The first-order valence-corrected chi connectivity index (χ1v) is 8.43. The number of carbonyl (C=O) groups excluding carboxylic acids is 2. The van der Waals surface area contributed by atoms with Crippen molar-refractivity contribution in [2.75, 3.05) is 6.61 Å². The highest BCUT2D eigenvalue weighted by atomic mass is 19.4. The third-order valence-corrected chi connectivity index (χ3v) is 3.44. The Balaban J connectivity index is 2.01. The molecule has 5 nitrogen and oxygen atoms in total. The third kappa shape index (κ3) is 6.61. The second-order valence-corrected chi connectivity index (χ2v) is 6.31. The molecular weight excluding hydrogens is 377 g/mol. The minimum absolute atomic E-state index is 0.0493. The molecule has 0 aliphatic rings. The highest BCUT2D eigenvalue weighted by Gasteiger charge is 2.31. The molecule has 2 aromatic carbocycles. The first kappa shape index (κ1) is 21.3. The van der Waals surface area contributed by atoms with E-state index in [4.69, 9.17) is 9.47 Å². The molecule has 0 aliphatic carbocycles.